The van der Waals surface area contributed by atoms with E-state index in [2.05, 4.69) is 16.0 Å². The van der Waals surface area contributed by atoms with Gasteiger partial charge in [-0.25, -0.2) is 0 Å². The van der Waals surface area contributed by atoms with E-state index in [4.69, 9.17) is 0 Å². The predicted molar refractivity (Wildman–Crippen MR) is 68.6 cm³/mol. The number of nitrogens with one attached hydrogen (secondary N) is 3. The molecule has 0 heterocycles. The van der Waals surface area contributed by atoms with Crippen molar-refractivity contribution >= 4 is 11.8 Å². The molecule has 0 radical (unpaired) electrons. The molecule has 0 aliphatic rings. The molecule has 5 heteroatoms. The molecule has 0 saturated heterocycles. The summed E-state index contributed by atoms with van der Waals surface area (Å²) in [5, 5.41) is 8.35. The van der Waals surface area contributed by atoms with Crippen LogP contribution in [0, 0.1) is 11.8 Å². The molecule has 2 amide bonds. The third-order valence-corrected chi connectivity index (χ3v) is 1.99. The molecule has 0 aliphatic carbocycles. The number of hydrogen-bond acceptors (Lipinski definition) is 3. The van der Waals surface area contributed by atoms with Gasteiger partial charge in [-0.1, -0.05) is 27.7 Å². The summed E-state index contributed by atoms with van der Waals surface area (Å²) in [6, 6.07) is 0. The lowest BCUT2D eigenvalue weighted by Crippen LogP contribution is -2.41. The lowest BCUT2D eigenvalue weighted by molar-refractivity contribution is -0.121. The zero-order valence-corrected chi connectivity index (χ0v) is 11.3. The van der Waals surface area contributed by atoms with Gasteiger partial charge in [-0.05, 0) is 11.8 Å². The van der Waals surface area contributed by atoms with Gasteiger partial charge in [0.1, 0.15) is 0 Å². The summed E-state index contributed by atoms with van der Waals surface area (Å²) in [6.07, 6.45) is 0. The van der Waals surface area contributed by atoms with Crippen LogP contribution in [0.15, 0.2) is 0 Å². The summed E-state index contributed by atoms with van der Waals surface area (Å²) in [4.78, 5) is 22.6. The van der Waals surface area contributed by atoms with E-state index in [0.717, 1.165) is 0 Å². The second-order valence-corrected chi connectivity index (χ2v) is 5.00. The van der Waals surface area contributed by atoms with Crippen LogP contribution >= 0.6 is 0 Å². The van der Waals surface area contributed by atoms with E-state index in [9.17, 15) is 9.59 Å². The van der Waals surface area contributed by atoms with Crippen molar-refractivity contribution in [2.75, 3.05) is 26.2 Å². The van der Waals surface area contributed by atoms with Crippen LogP contribution in [-0.2, 0) is 9.59 Å². The average Bonchev–Trinajstić information content (AvgIpc) is 2.23. The smallest absolute Gasteiger partial charge is 0.233 e. The molecule has 0 aliphatic heterocycles. The average molecular weight is 243 g/mol. The third kappa shape index (κ3) is 11.2. The Morgan fingerprint density at radius 2 is 1.18 bits per heavy atom. The van der Waals surface area contributed by atoms with Crippen LogP contribution < -0.4 is 16.0 Å². The van der Waals surface area contributed by atoms with Gasteiger partial charge in [-0.15, -0.1) is 0 Å². The molecule has 0 unspecified atom stereocenters. The lowest BCUT2D eigenvalue weighted by atomic mass is 10.2. The van der Waals surface area contributed by atoms with Gasteiger partial charge in [0.15, 0.2) is 0 Å². The normalized spacial score (nSPS) is 10.7. The molecule has 0 aromatic rings. The van der Waals surface area contributed by atoms with E-state index >= 15 is 0 Å². The first-order valence-corrected chi connectivity index (χ1v) is 6.16. The third-order valence-electron chi connectivity index (χ3n) is 1.99. The van der Waals surface area contributed by atoms with Gasteiger partial charge >= 0.3 is 0 Å². The van der Waals surface area contributed by atoms with Crippen molar-refractivity contribution in [2.24, 2.45) is 11.8 Å². The van der Waals surface area contributed by atoms with Crippen LogP contribution in [0.1, 0.15) is 27.7 Å². The molecule has 17 heavy (non-hydrogen) atoms. The molecule has 100 valence electrons. The number of carbonyl (C=O) groups excluding carboxylic acids is 2. The van der Waals surface area contributed by atoms with E-state index in [-0.39, 0.29) is 24.9 Å². The fourth-order valence-electron chi connectivity index (χ4n) is 1.05. The Bertz CT molecular complexity index is 216. The molecular formula is C12H25N3O2. The first-order valence-electron chi connectivity index (χ1n) is 6.16. The van der Waals surface area contributed by atoms with Gasteiger partial charge in [0.2, 0.25) is 11.8 Å². The molecule has 0 spiro atoms. The first-order chi connectivity index (χ1) is 7.91. The van der Waals surface area contributed by atoms with Gasteiger partial charge in [0.25, 0.3) is 0 Å². The summed E-state index contributed by atoms with van der Waals surface area (Å²) in [5.74, 6) is 0.729. The molecular weight excluding hydrogens is 218 g/mol. The monoisotopic (exact) mass is 243 g/mol. The fraction of sp³-hybridized carbons (Fsp3) is 0.833. The van der Waals surface area contributed by atoms with Crippen LogP contribution in [0.4, 0.5) is 0 Å². The van der Waals surface area contributed by atoms with Crippen LogP contribution in [0.5, 0.6) is 0 Å². The van der Waals surface area contributed by atoms with Gasteiger partial charge in [0.05, 0.1) is 13.1 Å². The Morgan fingerprint density at radius 3 is 1.47 bits per heavy atom. The number of hydrogen-bond donors (Lipinski definition) is 3. The lowest BCUT2D eigenvalue weighted by Gasteiger charge is -2.09. The van der Waals surface area contributed by atoms with Crippen LogP contribution in [-0.4, -0.2) is 38.0 Å². The highest BCUT2D eigenvalue weighted by Gasteiger charge is 2.04. The summed E-state index contributed by atoms with van der Waals surface area (Å²) in [6.45, 7) is 9.84. The largest absolute Gasteiger partial charge is 0.355 e. The maximum atomic E-state index is 11.3. The zero-order valence-electron chi connectivity index (χ0n) is 11.3. The SMILES string of the molecule is CC(C)CNC(=O)CNCC(=O)NCC(C)C. The minimum absolute atomic E-state index is 0.0737. The van der Waals surface area contributed by atoms with E-state index < -0.39 is 0 Å². The highest BCUT2D eigenvalue weighted by atomic mass is 16.2. The van der Waals surface area contributed by atoms with Crippen molar-refractivity contribution in [1.82, 2.24) is 16.0 Å². The van der Waals surface area contributed by atoms with E-state index in [0.29, 0.717) is 24.9 Å². The Hall–Kier alpha value is -1.10. The van der Waals surface area contributed by atoms with Crippen LogP contribution in [0.3, 0.4) is 0 Å². The minimum Gasteiger partial charge on any atom is -0.355 e. The van der Waals surface area contributed by atoms with Gasteiger partial charge < -0.3 is 10.6 Å². The van der Waals surface area contributed by atoms with Crippen LogP contribution in [0.25, 0.3) is 0 Å². The van der Waals surface area contributed by atoms with E-state index in [1.807, 2.05) is 27.7 Å². The Morgan fingerprint density at radius 1 is 0.824 bits per heavy atom. The summed E-state index contributed by atoms with van der Waals surface area (Å²) in [5.41, 5.74) is 0. The summed E-state index contributed by atoms with van der Waals surface area (Å²) >= 11 is 0. The van der Waals surface area contributed by atoms with Gasteiger partial charge in [-0.3, -0.25) is 14.9 Å². The number of rotatable bonds is 8. The molecule has 0 saturated carbocycles. The van der Waals surface area contributed by atoms with Crippen molar-refractivity contribution in [1.29, 1.82) is 0 Å². The molecule has 5 nitrogen and oxygen atoms in total. The van der Waals surface area contributed by atoms with Gasteiger partial charge in [-0.2, -0.15) is 0 Å². The Kier molecular flexibility index (Phi) is 8.40. The topological polar surface area (TPSA) is 70.2 Å². The van der Waals surface area contributed by atoms with Crippen molar-refractivity contribution in [3.8, 4) is 0 Å². The summed E-state index contributed by atoms with van der Waals surface area (Å²) < 4.78 is 0. The second-order valence-electron chi connectivity index (χ2n) is 5.00. The highest BCUT2D eigenvalue weighted by molar-refractivity contribution is 5.81. The fourth-order valence-corrected chi connectivity index (χ4v) is 1.05. The van der Waals surface area contributed by atoms with E-state index in [1.54, 1.807) is 0 Å². The highest BCUT2D eigenvalue weighted by Crippen LogP contribution is 1.87. The maximum absolute atomic E-state index is 11.3. The van der Waals surface area contributed by atoms with Crippen molar-refractivity contribution in [3.63, 3.8) is 0 Å². The minimum atomic E-state index is -0.0737. The quantitative estimate of drug-likeness (QED) is 0.567. The van der Waals surface area contributed by atoms with E-state index in [1.165, 1.54) is 0 Å². The van der Waals surface area contributed by atoms with Gasteiger partial charge in [0, 0.05) is 13.1 Å². The standard InChI is InChI=1S/C12H25N3O2/c1-9(2)5-14-11(16)7-13-8-12(17)15-6-10(3)4/h9-10,13H,5-8H2,1-4H3,(H,14,16)(H,15,17). The molecule has 0 fully saturated rings. The Labute approximate surface area is 104 Å². The molecule has 0 aromatic carbocycles. The first kappa shape index (κ1) is 15.9. The zero-order chi connectivity index (χ0) is 13.3. The molecule has 0 atom stereocenters. The molecule has 0 aromatic heterocycles. The van der Waals surface area contributed by atoms with Crippen molar-refractivity contribution in [3.05, 3.63) is 0 Å². The maximum Gasteiger partial charge on any atom is 0.233 e. The summed E-state index contributed by atoms with van der Waals surface area (Å²) in [7, 11) is 0. The molecule has 3 N–H and O–H groups in total. The number of carbonyl (C=O) groups is 2. The number of amides is 2. The molecule has 0 rings (SSSR count). The van der Waals surface area contributed by atoms with Crippen molar-refractivity contribution < 1.29 is 9.59 Å². The van der Waals surface area contributed by atoms with Crippen molar-refractivity contribution in [2.45, 2.75) is 27.7 Å². The molecule has 0 bridgehead atoms. The Balaban J connectivity index is 3.49. The second kappa shape index (κ2) is 8.98. The predicted octanol–water partition coefficient (Wildman–Crippen LogP) is 0.120. The van der Waals surface area contributed by atoms with Crippen LogP contribution in [0.2, 0.25) is 0 Å².